The fourth-order valence-corrected chi connectivity index (χ4v) is 3.47. The summed E-state index contributed by atoms with van der Waals surface area (Å²) in [5.41, 5.74) is 0.791. The van der Waals surface area contributed by atoms with Crippen LogP contribution in [0.2, 0.25) is 5.02 Å². The predicted octanol–water partition coefficient (Wildman–Crippen LogP) is 3.47. The molecule has 0 unspecified atom stereocenters. The van der Waals surface area contributed by atoms with Crippen molar-refractivity contribution in [2.45, 2.75) is 4.90 Å². The molecule has 0 aliphatic rings. The predicted molar refractivity (Wildman–Crippen MR) is 85.8 cm³/mol. The van der Waals surface area contributed by atoms with Crippen molar-refractivity contribution in [2.75, 3.05) is 4.72 Å². The highest BCUT2D eigenvalue weighted by atomic mass is 35.5. The van der Waals surface area contributed by atoms with Crippen molar-refractivity contribution in [3.05, 3.63) is 71.8 Å². The van der Waals surface area contributed by atoms with E-state index in [1.165, 1.54) is 16.8 Å². The van der Waals surface area contributed by atoms with E-state index in [0.29, 0.717) is 5.69 Å². The molecule has 0 atom stereocenters. The molecular formula is C15H11ClFN3O2S. The molecule has 118 valence electrons. The number of aromatic nitrogens is 2. The first-order valence-corrected chi connectivity index (χ1v) is 8.41. The summed E-state index contributed by atoms with van der Waals surface area (Å²) >= 11 is 5.65. The van der Waals surface area contributed by atoms with Crippen molar-refractivity contribution in [3.63, 3.8) is 0 Å². The Hall–Kier alpha value is -2.38. The van der Waals surface area contributed by atoms with Crippen LogP contribution < -0.4 is 4.72 Å². The number of nitrogens with zero attached hydrogens (tertiary/aromatic N) is 2. The van der Waals surface area contributed by atoms with Gasteiger partial charge in [0.1, 0.15) is 4.90 Å². The van der Waals surface area contributed by atoms with E-state index < -0.39 is 20.7 Å². The summed E-state index contributed by atoms with van der Waals surface area (Å²) in [7, 11) is -4.13. The molecule has 23 heavy (non-hydrogen) atoms. The molecule has 8 heteroatoms. The number of sulfonamides is 1. The molecular weight excluding hydrogens is 341 g/mol. The maximum absolute atomic E-state index is 14.0. The van der Waals surface area contributed by atoms with Crippen LogP contribution in [0.15, 0.2) is 65.8 Å². The van der Waals surface area contributed by atoms with Gasteiger partial charge in [0.15, 0.2) is 5.82 Å². The van der Waals surface area contributed by atoms with E-state index in [2.05, 4.69) is 9.82 Å². The molecule has 0 saturated heterocycles. The Morgan fingerprint density at radius 2 is 1.87 bits per heavy atom. The van der Waals surface area contributed by atoms with E-state index in [0.717, 1.165) is 6.07 Å². The second-order valence-corrected chi connectivity index (χ2v) is 6.68. The quantitative estimate of drug-likeness (QED) is 0.782. The monoisotopic (exact) mass is 351 g/mol. The minimum absolute atomic E-state index is 0.256. The van der Waals surface area contributed by atoms with Gasteiger partial charge in [-0.05, 0) is 30.3 Å². The number of hydrogen-bond donors (Lipinski definition) is 1. The highest BCUT2D eigenvalue weighted by Gasteiger charge is 2.22. The van der Waals surface area contributed by atoms with E-state index in [1.807, 2.05) is 0 Å². The van der Waals surface area contributed by atoms with E-state index in [1.54, 1.807) is 42.7 Å². The largest absolute Gasteiger partial charge is 0.277 e. The Morgan fingerprint density at radius 1 is 1.09 bits per heavy atom. The van der Waals surface area contributed by atoms with Gasteiger partial charge in [-0.3, -0.25) is 4.72 Å². The second-order valence-electron chi connectivity index (χ2n) is 4.63. The van der Waals surface area contributed by atoms with Crippen molar-refractivity contribution in [3.8, 4) is 5.69 Å². The number of nitrogens with one attached hydrogen (secondary N) is 1. The molecule has 0 radical (unpaired) electrons. The van der Waals surface area contributed by atoms with Crippen LogP contribution in [0.4, 0.5) is 10.1 Å². The lowest BCUT2D eigenvalue weighted by atomic mass is 10.3. The fraction of sp³-hybridized carbons (Fsp3) is 0. The van der Waals surface area contributed by atoms with Crippen LogP contribution in [0.5, 0.6) is 0 Å². The SMILES string of the molecule is O=S(=O)(Nc1ccccc1-n1cccn1)c1cccc(Cl)c1F. The Balaban J connectivity index is 2.04. The minimum Gasteiger partial charge on any atom is -0.277 e. The third-order valence-electron chi connectivity index (χ3n) is 3.11. The van der Waals surface area contributed by atoms with Crippen LogP contribution in [0, 0.1) is 5.82 Å². The number of rotatable bonds is 4. The van der Waals surface area contributed by atoms with Gasteiger partial charge >= 0.3 is 0 Å². The third kappa shape index (κ3) is 3.06. The summed E-state index contributed by atoms with van der Waals surface area (Å²) in [5.74, 6) is -0.988. The summed E-state index contributed by atoms with van der Waals surface area (Å²) in [6, 6.07) is 12.2. The molecule has 3 rings (SSSR count). The first kappa shape index (κ1) is 15.5. The van der Waals surface area contributed by atoms with Crippen LogP contribution in [0.3, 0.4) is 0 Å². The summed E-state index contributed by atoms with van der Waals surface area (Å²) < 4.78 is 42.8. The van der Waals surface area contributed by atoms with Gasteiger partial charge in [0.25, 0.3) is 10.0 Å². The van der Waals surface area contributed by atoms with E-state index in [-0.39, 0.29) is 10.7 Å². The number of anilines is 1. The average molecular weight is 352 g/mol. The van der Waals surface area contributed by atoms with Crippen molar-refractivity contribution < 1.29 is 12.8 Å². The van der Waals surface area contributed by atoms with Crippen LogP contribution in [-0.2, 0) is 10.0 Å². The van der Waals surface area contributed by atoms with E-state index in [4.69, 9.17) is 11.6 Å². The van der Waals surface area contributed by atoms with Gasteiger partial charge in [-0.1, -0.05) is 29.8 Å². The van der Waals surface area contributed by atoms with E-state index in [9.17, 15) is 12.8 Å². The zero-order valence-electron chi connectivity index (χ0n) is 11.6. The summed E-state index contributed by atoms with van der Waals surface area (Å²) in [4.78, 5) is -0.514. The number of hydrogen-bond acceptors (Lipinski definition) is 3. The molecule has 0 saturated carbocycles. The third-order valence-corrected chi connectivity index (χ3v) is 4.78. The Morgan fingerprint density at radius 3 is 2.61 bits per heavy atom. The topological polar surface area (TPSA) is 64.0 Å². The van der Waals surface area contributed by atoms with Crippen LogP contribution in [0.25, 0.3) is 5.69 Å². The molecule has 0 fully saturated rings. The van der Waals surface area contributed by atoms with Gasteiger partial charge in [0.05, 0.1) is 16.4 Å². The molecule has 1 aromatic heterocycles. The first-order chi connectivity index (χ1) is 11.0. The first-order valence-electron chi connectivity index (χ1n) is 6.55. The lowest BCUT2D eigenvalue weighted by molar-refractivity contribution is 0.570. The molecule has 2 aromatic carbocycles. The lowest BCUT2D eigenvalue weighted by Crippen LogP contribution is -2.16. The molecule has 0 amide bonds. The van der Waals surface area contributed by atoms with Gasteiger partial charge in [0.2, 0.25) is 0 Å². The second kappa shape index (κ2) is 6.02. The number of para-hydroxylation sites is 2. The highest BCUT2D eigenvalue weighted by Crippen LogP contribution is 2.26. The molecule has 1 heterocycles. The molecule has 1 N–H and O–H groups in total. The van der Waals surface area contributed by atoms with Gasteiger partial charge in [-0.2, -0.15) is 5.10 Å². The van der Waals surface area contributed by atoms with E-state index >= 15 is 0 Å². The smallest absolute Gasteiger partial charge is 0.264 e. The molecule has 0 aliphatic heterocycles. The van der Waals surface area contributed by atoms with Crippen LogP contribution in [-0.4, -0.2) is 18.2 Å². The van der Waals surface area contributed by atoms with Gasteiger partial charge in [0, 0.05) is 12.4 Å². The molecule has 3 aromatic rings. The van der Waals surface area contributed by atoms with Gasteiger partial charge < -0.3 is 0 Å². The number of halogens is 2. The standard InChI is InChI=1S/C15H11ClFN3O2S/c16-11-5-3-8-14(15(11)17)23(21,22)19-12-6-1-2-7-13(12)20-10-4-9-18-20/h1-10,19H. The lowest BCUT2D eigenvalue weighted by Gasteiger charge is -2.13. The summed E-state index contributed by atoms with van der Waals surface area (Å²) in [5, 5.41) is 3.81. The van der Waals surface area contributed by atoms with Crippen molar-refractivity contribution >= 4 is 27.3 Å². The minimum atomic E-state index is -4.13. The highest BCUT2D eigenvalue weighted by molar-refractivity contribution is 7.92. The van der Waals surface area contributed by atoms with Gasteiger partial charge in [-0.25, -0.2) is 17.5 Å². The zero-order chi connectivity index (χ0) is 16.4. The van der Waals surface area contributed by atoms with Crippen molar-refractivity contribution in [1.29, 1.82) is 0 Å². The molecule has 0 bridgehead atoms. The fourth-order valence-electron chi connectivity index (χ4n) is 2.06. The Kier molecular flexibility index (Phi) is 4.06. The van der Waals surface area contributed by atoms with Crippen molar-refractivity contribution in [1.82, 2.24) is 9.78 Å². The van der Waals surface area contributed by atoms with Gasteiger partial charge in [-0.15, -0.1) is 0 Å². The molecule has 0 spiro atoms. The average Bonchev–Trinajstić information content (AvgIpc) is 3.04. The summed E-state index contributed by atoms with van der Waals surface area (Å²) in [6.45, 7) is 0. The van der Waals surface area contributed by atoms with Crippen LogP contribution >= 0.6 is 11.6 Å². The normalized spacial score (nSPS) is 11.4. The maximum atomic E-state index is 14.0. The summed E-state index contributed by atoms with van der Waals surface area (Å²) in [6.07, 6.45) is 3.25. The van der Waals surface area contributed by atoms with Crippen LogP contribution in [0.1, 0.15) is 0 Å². The maximum Gasteiger partial charge on any atom is 0.264 e. The Labute approximate surface area is 137 Å². The zero-order valence-corrected chi connectivity index (χ0v) is 13.2. The Bertz CT molecular complexity index is 943. The number of benzene rings is 2. The molecule has 0 aliphatic carbocycles. The van der Waals surface area contributed by atoms with Crippen molar-refractivity contribution in [2.24, 2.45) is 0 Å². The molecule has 5 nitrogen and oxygen atoms in total.